The summed E-state index contributed by atoms with van der Waals surface area (Å²) in [6.45, 7) is 10.2. The van der Waals surface area contributed by atoms with Crippen LogP contribution in [0.3, 0.4) is 0 Å². The summed E-state index contributed by atoms with van der Waals surface area (Å²) in [5.41, 5.74) is 3.49. The standard InChI is InChI=1S/C19H31N3O/c1-15-13-20-18(16(2)19(15)23-3)14-21-11-7-17(8-12-21)22-9-5-4-6-10-22/h13,17H,4-12,14H2,1-3H3. The monoisotopic (exact) mass is 317 g/mol. The molecule has 2 fully saturated rings. The first kappa shape index (κ1) is 16.7. The van der Waals surface area contributed by atoms with Crippen LogP contribution in [-0.4, -0.2) is 54.1 Å². The van der Waals surface area contributed by atoms with Gasteiger partial charge in [0.15, 0.2) is 0 Å². The maximum atomic E-state index is 5.54. The second-order valence-electron chi connectivity index (χ2n) is 7.15. The maximum Gasteiger partial charge on any atom is 0.128 e. The fraction of sp³-hybridized carbons (Fsp3) is 0.737. The third-order valence-electron chi connectivity index (χ3n) is 5.59. The summed E-state index contributed by atoms with van der Waals surface area (Å²) in [5, 5.41) is 0. The Morgan fingerprint density at radius 3 is 2.43 bits per heavy atom. The van der Waals surface area contributed by atoms with Crippen molar-refractivity contribution in [3.63, 3.8) is 0 Å². The third-order valence-corrected chi connectivity index (χ3v) is 5.59. The Morgan fingerprint density at radius 1 is 1.09 bits per heavy atom. The van der Waals surface area contributed by atoms with E-state index in [0.717, 1.165) is 23.9 Å². The predicted octanol–water partition coefficient (Wildman–Crippen LogP) is 3.16. The summed E-state index contributed by atoms with van der Waals surface area (Å²) in [6, 6.07) is 0.813. The number of hydrogen-bond donors (Lipinski definition) is 0. The number of pyridine rings is 1. The van der Waals surface area contributed by atoms with Crippen molar-refractivity contribution in [2.24, 2.45) is 0 Å². The van der Waals surface area contributed by atoms with E-state index in [1.807, 2.05) is 6.20 Å². The van der Waals surface area contributed by atoms with Crippen molar-refractivity contribution in [3.8, 4) is 5.75 Å². The van der Waals surface area contributed by atoms with Crippen LogP contribution >= 0.6 is 0 Å². The van der Waals surface area contributed by atoms with Crippen LogP contribution in [0.2, 0.25) is 0 Å². The molecule has 2 aliphatic rings. The Hall–Kier alpha value is -1.13. The average molecular weight is 317 g/mol. The Balaban J connectivity index is 1.56. The summed E-state index contributed by atoms with van der Waals surface area (Å²) < 4.78 is 5.54. The highest BCUT2D eigenvalue weighted by molar-refractivity contribution is 5.41. The molecule has 0 atom stereocenters. The van der Waals surface area contributed by atoms with Gasteiger partial charge < -0.3 is 9.64 Å². The van der Waals surface area contributed by atoms with Gasteiger partial charge in [0, 0.05) is 43.0 Å². The number of nitrogens with zero attached hydrogens (tertiary/aromatic N) is 3. The van der Waals surface area contributed by atoms with E-state index >= 15 is 0 Å². The van der Waals surface area contributed by atoms with Crippen molar-refractivity contribution in [1.82, 2.24) is 14.8 Å². The van der Waals surface area contributed by atoms with Gasteiger partial charge in [0.05, 0.1) is 12.8 Å². The van der Waals surface area contributed by atoms with E-state index < -0.39 is 0 Å². The van der Waals surface area contributed by atoms with Crippen molar-refractivity contribution < 1.29 is 4.74 Å². The molecule has 0 amide bonds. The lowest BCUT2D eigenvalue weighted by molar-refractivity contribution is 0.0890. The highest BCUT2D eigenvalue weighted by Crippen LogP contribution is 2.26. The van der Waals surface area contributed by atoms with Crippen LogP contribution in [0.25, 0.3) is 0 Å². The molecule has 1 aromatic heterocycles. The van der Waals surface area contributed by atoms with E-state index in [4.69, 9.17) is 4.74 Å². The van der Waals surface area contributed by atoms with Crippen molar-refractivity contribution in [1.29, 1.82) is 0 Å². The fourth-order valence-corrected chi connectivity index (χ4v) is 4.17. The molecule has 2 saturated heterocycles. The molecule has 0 bridgehead atoms. The molecule has 2 aliphatic heterocycles. The molecule has 0 saturated carbocycles. The topological polar surface area (TPSA) is 28.6 Å². The van der Waals surface area contributed by atoms with Crippen LogP contribution in [0.1, 0.15) is 48.9 Å². The van der Waals surface area contributed by atoms with Crippen molar-refractivity contribution >= 4 is 0 Å². The van der Waals surface area contributed by atoms with Crippen molar-refractivity contribution in [3.05, 3.63) is 23.0 Å². The van der Waals surface area contributed by atoms with Crippen LogP contribution in [0, 0.1) is 13.8 Å². The molecule has 1 aromatic rings. The van der Waals surface area contributed by atoms with Crippen LogP contribution in [0.5, 0.6) is 5.75 Å². The Labute approximate surface area is 140 Å². The molecule has 0 spiro atoms. The van der Waals surface area contributed by atoms with Gasteiger partial charge in [-0.05, 0) is 52.6 Å². The van der Waals surface area contributed by atoms with E-state index in [1.165, 1.54) is 69.5 Å². The second-order valence-corrected chi connectivity index (χ2v) is 7.15. The molecule has 0 unspecified atom stereocenters. The van der Waals surface area contributed by atoms with Gasteiger partial charge in [-0.2, -0.15) is 0 Å². The van der Waals surface area contributed by atoms with Crippen LogP contribution < -0.4 is 4.74 Å². The van der Waals surface area contributed by atoms with Gasteiger partial charge in [-0.1, -0.05) is 6.42 Å². The summed E-state index contributed by atoms with van der Waals surface area (Å²) in [6.07, 6.45) is 8.78. The summed E-state index contributed by atoms with van der Waals surface area (Å²) in [4.78, 5) is 9.95. The molecule has 0 aromatic carbocycles. The van der Waals surface area contributed by atoms with E-state index in [0.29, 0.717) is 0 Å². The van der Waals surface area contributed by atoms with Crippen LogP contribution in [0.15, 0.2) is 6.20 Å². The molecule has 0 radical (unpaired) electrons. The molecule has 3 heterocycles. The van der Waals surface area contributed by atoms with E-state index in [1.54, 1.807) is 7.11 Å². The largest absolute Gasteiger partial charge is 0.496 e. The summed E-state index contributed by atoms with van der Waals surface area (Å²) in [7, 11) is 1.75. The van der Waals surface area contributed by atoms with Crippen LogP contribution in [-0.2, 0) is 6.54 Å². The first-order valence-corrected chi connectivity index (χ1v) is 9.14. The number of likely N-dealkylation sites (tertiary alicyclic amines) is 2. The van der Waals surface area contributed by atoms with Gasteiger partial charge in [-0.15, -0.1) is 0 Å². The third kappa shape index (κ3) is 3.86. The van der Waals surface area contributed by atoms with E-state index in [9.17, 15) is 0 Å². The SMILES string of the molecule is COc1c(C)cnc(CN2CCC(N3CCCCC3)CC2)c1C. The zero-order chi connectivity index (χ0) is 16.2. The van der Waals surface area contributed by atoms with Gasteiger partial charge in [-0.3, -0.25) is 9.88 Å². The smallest absolute Gasteiger partial charge is 0.128 e. The van der Waals surface area contributed by atoms with E-state index in [-0.39, 0.29) is 0 Å². The van der Waals surface area contributed by atoms with Gasteiger partial charge in [0.2, 0.25) is 0 Å². The zero-order valence-corrected chi connectivity index (χ0v) is 15.0. The van der Waals surface area contributed by atoms with Gasteiger partial charge in [0.1, 0.15) is 5.75 Å². The number of ether oxygens (including phenoxy) is 1. The minimum absolute atomic E-state index is 0.813. The second kappa shape index (κ2) is 7.63. The Kier molecular flexibility index (Phi) is 5.54. The minimum Gasteiger partial charge on any atom is -0.496 e. The van der Waals surface area contributed by atoms with Crippen molar-refractivity contribution in [2.75, 3.05) is 33.3 Å². The lowest BCUT2D eigenvalue weighted by Gasteiger charge is -2.40. The van der Waals surface area contributed by atoms with Gasteiger partial charge in [-0.25, -0.2) is 0 Å². The normalized spacial score (nSPS) is 21.5. The molecule has 128 valence electrons. The highest BCUT2D eigenvalue weighted by Gasteiger charge is 2.26. The van der Waals surface area contributed by atoms with Gasteiger partial charge in [0.25, 0.3) is 0 Å². The number of aryl methyl sites for hydroxylation is 1. The van der Waals surface area contributed by atoms with Crippen LogP contribution in [0.4, 0.5) is 0 Å². The maximum absolute atomic E-state index is 5.54. The summed E-state index contributed by atoms with van der Waals surface area (Å²) >= 11 is 0. The number of rotatable bonds is 4. The minimum atomic E-state index is 0.813. The number of hydrogen-bond acceptors (Lipinski definition) is 4. The summed E-state index contributed by atoms with van der Waals surface area (Å²) in [5.74, 6) is 0.998. The molecule has 0 aliphatic carbocycles. The number of piperidine rings is 2. The Bertz CT molecular complexity index is 518. The lowest BCUT2D eigenvalue weighted by Crippen LogP contribution is -2.46. The number of methoxy groups -OCH3 is 1. The zero-order valence-electron chi connectivity index (χ0n) is 15.0. The lowest BCUT2D eigenvalue weighted by atomic mass is 9.99. The average Bonchev–Trinajstić information content (AvgIpc) is 2.59. The van der Waals surface area contributed by atoms with Gasteiger partial charge >= 0.3 is 0 Å². The quantitative estimate of drug-likeness (QED) is 0.853. The van der Waals surface area contributed by atoms with Crippen molar-refractivity contribution in [2.45, 2.75) is 58.5 Å². The molecule has 3 rings (SSSR count). The molecule has 4 nitrogen and oxygen atoms in total. The first-order valence-electron chi connectivity index (χ1n) is 9.14. The highest BCUT2D eigenvalue weighted by atomic mass is 16.5. The molecule has 4 heteroatoms. The molecular formula is C19H31N3O. The fourth-order valence-electron chi connectivity index (χ4n) is 4.17. The first-order chi connectivity index (χ1) is 11.2. The van der Waals surface area contributed by atoms with E-state index in [2.05, 4.69) is 28.6 Å². The molecular weight excluding hydrogens is 286 g/mol. The molecule has 0 N–H and O–H groups in total. The number of aromatic nitrogens is 1. The predicted molar refractivity (Wildman–Crippen MR) is 94.0 cm³/mol. The molecule has 23 heavy (non-hydrogen) atoms. The Morgan fingerprint density at radius 2 is 1.78 bits per heavy atom.